The molecule has 6 heteroatoms. The van der Waals surface area contributed by atoms with Crippen LogP contribution in [0.4, 0.5) is 8.78 Å². The van der Waals surface area contributed by atoms with Gasteiger partial charge >= 0.3 is 5.97 Å². The van der Waals surface area contributed by atoms with E-state index in [9.17, 15) is 18.4 Å². The highest BCUT2D eigenvalue weighted by atomic mass is 19.1. The molecule has 0 saturated heterocycles. The standard InChI is InChI=1S/C18H23F2NO3/c1-4-5-6-7-11-24-18(23)16(12(2)3)21-17(22)15-13(19)9-8-10-14(15)20/h5-6,8-10,12,16H,4,7,11H2,1-3H3,(H,21,22)/t16-/m0/s1. The fraction of sp³-hybridized carbons (Fsp3) is 0.444. The zero-order chi connectivity index (χ0) is 18.1. The lowest BCUT2D eigenvalue weighted by Crippen LogP contribution is -2.45. The van der Waals surface area contributed by atoms with Crippen LogP contribution in [0.1, 0.15) is 44.0 Å². The highest BCUT2D eigenvalue weighted by Crippen LogP contribution is 2.13. The summed E-state index contributed by atoms with van der Waals surface area (Å²) >= 11 is 0. The van der Waals surface area contributed by atoms with E-state index < -0.39 is 35.1 Å². The van der Waals surface area contributed by atoms with Crippen molar-refractivity contribution in [2.75, 3.05) is 6.61 Å². The van der Waals surface area contributed by atoms with Crippen LogP contribution in [0.5, 0.6) is 0 Å². The molecule has 1 N–H and O–H groups in total. The molecule has 0 aliphatic rings. The Morgan fingerprint density at radius 2 is 1.83 bits per heavy atom. The molecule has 0 saturated carbocycles. The van der Waals surface area contributed by atoms with E-state index in [1.807, 2.05) is 19.1 Å². The van der Waals surface area contributed by atoms with Gasteiger partial charge in [0.25, 0.3) is 5.91 Å². The topological polar surface area (TPSA) is 55.4 Å². The summed E-state index contributed by atoms with van der Waals surface area (Å²) < 4.78 is 32.4. The smallest absolute Gasteiger partial charge is 0.328 e. The fourth-order valence-electron chi connectivity index (χ4n) is 2.03. The zero-order valence-corrected chi connectivity index (χ0v) is 14.1. The van der Waals surface area contributed by atoms with E-state index in [1.165, 1.54) is 6.07 Å². The van der Waals surface area contributed by atoms with E-state index in [0.29, 0.717) is 6.42 Å². The molecule has 0 heterocycles. The molecule has 1 aromatic carbocycles. The van der Waals surface area contributed by atoms with Gasteiger partial charge in [-0.25, -0.2) is 13.6 Å². The summed E-state index contributed by atoms with van der Waals surface area (Å²) in [5.74, 6) is -3.85. The summed E-state index contributed by atoms with van der Waals surface area (Å²) in [6.45, 7) is 5.60. The Labute approximate surface area is 140 Å². The van der Waals surface area contributed by atoms with Crippen LogP contribution in [0.15, 0.2) is 30.4 Å². The molecule has 1 amide bonds. The summed E-state index contributed by atoms with van der Waals surface area (Å²) in [6, 6.07) is 2.16. The minimum atomic E-state index is -0.980. The van der Waals surface area contributed by atoms with Gasteiger partial charge in [-0.3, -0.25) is 4.79 Å². The van der Waals surface area contributed by atoms with E-state index in [0.717, 1.165) is 18.6 Å². The van der Waals surface area contributed by atoms with Crippen molar-refractivity contribution in [3.8, 4) is 0 Å². The molecule has 0 aromatic heterocycles. The number of carbonyl (C=O) groups is 2. The van der Waals surface area contributed by atoms with Gasteiger partial charge in [0.2, 0.25) is 0 Å². The van der Waals surface area contributed by atoms with Crippen molar-refractivity contribution in [2.45, 2.75) is 39.7 Å². The minimum absolute atomic E-state index is 0.183. The van der Waals surface area contributed by atoms with E-state index in [-0.39, 0.29) is 12.5 Å². The third kappa shape index (κ3) is 5.76. The van der Waals surface area contributed by atoms with Crippen molar-refractivity contribution >= 4 is 11.9 Å². The molecule has 1 atom stereocenters. The van der Waals surface area contributed by atoms with Crippen LogP contribution in [-0.4, -0.2) is 24.5 Å². The van der Waals surface area contributed by atoms with Gasteiger partial charge in [0, 0.05) is 0 Å². The van der Waals surface area contributed by atoms with Gasteiger partial charge < -0.3 is 10.1 Å². The van der Waals surface area contributed by atoms with Crippen LogP contribution in [0, 0.1) is 17.6 Å². The molecule has 0 unspecified atom stereocenters. The quantitative estimate of drug-likeness (QED) is 0.447. The van der Waals surface area contributed by atoms with Gasteiger partial charge in [-0.15, -0.1) is 0 Å². The third-order valence-electron chi connectivity index (χ3n) is 3.33. The van der Waals surface area contributed by atoms with Gasteiger partial charge in [-0.05, 0) is 30.9 Å². The lowest BCUT2D eigenvalue weighted by Gasteiger charge is -2.21. The molecule has 132 valence electrons. The van der Waals surface area contributed by atoms with Crippen molar-refractivity contribution in [1.29, 1.82) is 0 Å². The van der Waals surface area contributed by atoms with Crippen LogP contribution in [0.25, 0.3) is 0 Å². The second-order valence-corrected chi connectivity index (χ2v) is 5.63. The van der Waals surface area contributed by atoms with E-state index in [1.54, 1.807) is 13.8 Å². The Morgan fingerprint density at radius 1 is 1.21 bits per heavy atom. The highest BCUT2D eigenvalue weighted by molar-refractivity contribution is 5.97. The molecule has 0 bridgehead atoms. The number of carbonyl (C=O) groups excluding carboxylic acids is 2. The molecular formula is C18H23F2NO3. The number of halogens is 2. The molecule has 0 aliphatic carbocycles. The number of esters is 1. The van der Waals surface area contributed by atoms with Crippen molar-refractivity contribution < 1.29 is 23.1 Å². The molecule has 4 nitrogen and oxygen atoms in total. The molecule has 0 aliphatic heterocycles. The van der Waals surface area contributed by atoms with Gasteiger partial charge in [-0.2, -0.15) is 0 Å². The van der Waals surface area contributed by atoms with E-state index in [2.05, 4.69) is 5.32 Å². The van der Waals surface area contributed by atoms with Gasteiger partial charge in [0.1, 0.15) is 23.2 Å². The minimum Gasteiger partial charge on any atom is -0.464 e. The van der Waals surface area contributed by atoms with Crippen molar-refractivity contribution in [2.24, 2.45) is 5.92 Å². The molecule has 0 spiro atoms. The van der Waals surface area contributed by atoms with Crippen molar-refractivity contribution in [3.63, 3.8) is 0 Å². The fourth-order valence-corrected chi connectivity index (χ4v) is 2.03. The average molecular weight is 339 g/mol. The Bertz CT molecular complexity index is 580. The van der Waals surface area contributed by atoms with Crippen LogP contribution in [0.3, 0.4) is 0 Å². The number of nitrogens with one attached hydrogen (secondary N) is 1. The maximum absolute atomic E-state index is 13.6. The second kappa shape index (κ2) is 9.80. The largest absolute Gasteiger partial charge is 0.464 e. The maximum atomic E-state index is 13.6. The summed E-state index contributed by atoms with van der Waals surface area (Å²) in [7, 11) is 0. The third-order valence-corrected chi connectivity index (χ3v) is 3.33. The average Bonchev–Trinajstić information content (AvgIpc) is 2.51. The molecule has 1 rings (SSSR count). The number of hydrogen-bond acceptors (Lipinski definition) is 3. The van der Waals surface area contributed by atoms with Crippen molar-refractivity contribution in [1.82, 2.24) is 5.32 Å². The lowest BCUT2D eigenvalue weighted by molar-refractivity contribution is -0.147. The number of ether oxygens (including phenoxy) is 1. The first-order valence-electron chi connectivity index (χ1n) is 7.95. The summed E-state index contributed by atoms with van der Waals surface area (Å²) in [4.78, 5) is 24.2. The van der Waals surface area contributed by atoms with Gasteiger partial charge in [0.15, 0.2) is 0 Å². The summed E-state index contributed by atoms with van der Waals surface area (Å²) in [5, 5.41) is 2.35. The second-order valence-electron chi connectivity index (χ2n) is 5.63. The first-order chi connectivity index (χ1) is 11.4. The monoisotopic (exact) mass is 339 g/mol. The number of hydrogen-bond donors (Lipinski definition) is 1. The predicted molar refractivity (Wildman–Crippen MR) is 87.5 cm³/mol. The Hall–Kier alpha value is -2.24. The lowest BCUT2D eigenvalue weighted by atomic mass is 10.0. The Balaban J connectivity index is 2.73. The Kier molecular flexibility index (Phi) is 8.09. The van der Waals surface area contributed by atoms with E-state index in [4.69, 9.17) is 4.74 Å². The SMILES string of the molecule is CCC=CCCOC(=O)[C@@H](NC(=O)c1c(F)cccc1F)C(C)C. The number of rotatable bonds is 8. The van der Waals surface area contributed by atoms with Crippen LogP contribution < -0.4 is 5.32 Å². The zero-order valence-electron chi connectivity index (χ0n) is 14.1. The molecule has 0 radical (unpaired) electrons. The van der Waals surface area contributed by atoms with Gasteiger partial charge in [0.05, 0.1) is 6.61 Å². The van der Waals surface area contributed by atoms with Gasteiger partial charge in [-0.1, -0.05) is 39.0 Å². The van der Waals surface area contributed by atoms with Crippen molar-refractivity contribution in [3.05, 3.63) is 47.5 Å². The molecule has 0 fully saturated rings. The van der Waals surface area contributed by atoms with Crippen LogP contribution >= 0.6 is 0 Å². The summed E-state index contributed by atoms with van der Waals surface area (Å²) in [5.41, 5.74) is -0.707. The highest BCUT2D eigenvalue weighted by Gasteiger charge is 2.28. The predicted octanol–water partition coefficient (Wildman–Crippen LogP) is 3.62. The number of benzene rings is 1. The first-order valence-corrected chi connectivity index (χ1v) is 7.95. The Morgan fingerprint density at radius 3 is 2.38 bits per heavy atom. The first kappa shape index (κ1) is 19.8. The maximum Gasteiger partial charge on any atom is 0.328 e. The molecule has 1 aromatic rings. The van der Waals surface area contributed by atoms with E-state index >= 15 is 0 Å². The molecular weight excluding hydrogens is 316 g/mol. The summed E-state index contributed by atoms with van der Waals surface area (Å²) in [6.07, 6.45) is 5.31. The van der Waals surface area contributed by atoms with Crippen LogP contribution in [-0.2, 0) is 9.53 Å². The number of allylic oxidation sites excluding steroid dienone is 1. The number of amides is 1. The van der Waals surface area contributed by atoms with Crippen LogP contribution in [0.2, 0.25) is 0 Å². The molecule has 24 heavy (non-hydrogen) atoms. The normalized spacial score (nSPS) is 12.4.